The summed E-state index contributed by atoms with van der Waals surface area (Å²) >= 11 is 0. The van der Waals surface area contributed by atoms with Gasteiger partial charge in [0.2, 0.25) is 0 Å². The Labute approximate surface area is 171 Å². The zero-order chi connectivity index (χ0) is 20.0. The van der Waals surface area contributed by atoms with Gasteiger partial charge in [-0.1, -0.05) is 26.0 Å². The summed E-state index contributed by atoms with van der Waals surface area (Å²) < 4.78 is 5.25. The van der Waals surface area contributed by atoms with Gasteiger partial charge in [-0.25, -0.2) is 0 Å². The van der Waals surface area contributed by atoms with E-state index in [2.05, 4.69) is 60.2 Å². The molecule has 0 aliphatic carbocycles. The van der Waals surface area contributed by atoms with Crippen LogP contribution in [-0.2, 0) is 6.54 Å². The first-order chi connectivity index (χ1) is 13.5. The maximum absolute atomic E-state index is 5.25. The van der Waals surface area contributed by atoms with Crippen molar-refractivity contribution in [2.75, 3.05) is 46.4 Å². The van der Waals surface area contributed by atoms with Gasteiger partial charge in [0.05, 0.1) is 7.11 Å². The smallest absolute Gasteiger partial charge is 0.193 e. The van der Waals surface area contributed by atoms with E-state index in [1.54, 1.807) is 7.11 Å². The molecule has 2 heterocycles. The largest absolute Gasteiger partial charge is 0.497 e. The molecule has 156 valence electrons. The van der Waals surface area contributed by atoms with Crippen LogP contribution in [0.1, 0.15) is 45.6 Å². The van der Waals surface area contributed by atoms with Gasteiger partial charge in [-0.3, -0.25) is 9.89 Å². The van der Waals surface area contributed by atoms with Gasteiger partial charge >= 0.3 is 0 Å². The molecular formula is C23H38N4O. The summed E-state index contributed by atoms with van der Waals surface area (Å²) in [4.78, 5) is 10.0. The lowest BCUT2D eigenvalue weighted by molar-refractivity contribution is 0.180. The molecule has 0 radical (unpaired) electrons. The Bertz CT molecular complexity index is 633. The third kappa shape index (κ3) is 5.87. The minimum Gasteiger partial charge on any atom is -0.497 e. The van der Waals surface area contributed by atoms with Gasteiger partial charge < -0.3 is 15.0 Å². The fourth-order valence-corrected chi connectivity index (χ4v) is 4.25. The third-order valence-corrected chi connectivity index (χ3v) is 6.08. The number of piperidine rings is 1. The van der Waals surface area contributed by atoms with E-state index in [0.717, 1.165) is 44.4 Å². The number of hydrogen-bond acceptors (Lipinski definition) is 3. The van der Waals surface area contributed by atoms with Crippen LogP contribution in [0.3, 0.4) is 0 Å². The van der Waals surface area contributed by atoms with Crippen molar-refractivity contribution in [1.29, 1.82) is 0 Å². The first-order valence-electron chi connectivity index (χ1n) is 10.9. The molecule has 5 nitrogen and oxygen atoms in total. The van der Waals surface area contributed by atoms with Gasteiger partial charge in [-0.2, -0.15) is 0 Å². The van der Waals surface area contributed by atoms with Crippen LogP contribution < -0.4 is 10.1 Å². The van der Waals surface area contributed by atoms with Gasteiger partial charge in [0.15, 0.2) is 5.96 Å². The zero-order valence-electron chi connectivity index (χ0n) is 18.2. The SMILES string of the molecule is CCNC(=NCC1CCN(Cc2ccc(OC)cc2)CC1)N1CCC(C)(C)C1. The van der Waals surface area contributed by atoms with Gasteiger partial charge in [0, 0.05) is 32.7 Å². The highest BCUT2D eigenvalue weighted by molar-refractivity contribution is 5.80. The molecule has 28 heavy (non-hydrogen) atoms. The standard InChI is InChI=1S/C23H38N4O/c1-5-24-22(27-15-12-23(2,3)18-27)25-16-19-10-13-26(14-11-19)17-20-6-8-21(28-4)9-7-20/h6-9,19H,5,10-18H2,1-4H3,(H,24,25). The molecule has 1 aromatic carbocycles. The summed E-state index contributed by atoms with van der Waals surface area (Å²) in [6.45, 7) is 14.4. The van der Waals surface area contributed by atoms with Crippen LogP contribution in [0.25, 0.3) is 0 Å². The van der Waals surface area contributed by atoms with Crippen molar-refractivity contribution in [2.24, 2.45) is 16.3 Å². The first kappa shape index (κ1) is 21.0. The quantitative estimate of drug-likeness (QED) is 0.599. The van der Waals surface area contributed by atoms with E-state index >= 15 is 0 Å². The minimum absolute atomic E-state index is 0.406. The number of nitrogens with zero attached hydrogens (tertiary/aromatic N) is 3. The molecule has 0 amide bonds. The average molecular weight is 387 g/mol. The van der Waals surface area contributed by atoms with Crippen molar-refractivity contribution in [3.63, 3.8) is 0 Å². The van der Waals surface area contributed by atoms with E-state index in [0.29, 0.717) is 11.3 Å². The fourth-order valence-electron chi connectivity index (χ4n) is 4.25. The maximum Gasteiger partial charge on any atom is 0.193 e. The van der Waals surface area contributed by atoms with E-state index in [1.807, 2.05) is 0 Å². The van der Waals surface area contributed by atoms with Crippen molar-refractivity contribution in [1.82, 2.24) is 15.1 Å². The van der Waals surface area contributed by atoms with Crippen LogP contribution in [-0.4, -0.2) is 62.1 Å². The van der Waals surface area contributed by atoms with Gasteiger partial charge in [0.1, 0.15) is 5.75 Å². The summed E-state index contributed by atoms with van der Waals surface area (Å²) in [5.74, 6) is 2.75. The predicted molar refractivity (Wildman–Crippen MR) is 117 cm³/mol. The molecule has 2 aliphatic rings. The molecule has 0 atom stereocenters. The summed E-state index contributed by atoms with van der Waals surface area (Å²) in [6.07, 6.45) is 3.73. The lowest BCUT2D eigenvalue weighted by Gasteiger charge is -2.31. The Hall–Kier alpha value is -1.75. The Morgan fingerprint density at radius 3 is 2.46 bits per heavy atom. The fraction of sp³-hybridized carbons (Fsp3) is 0.696. The van der Waals surface area contributed by atoms with Crippen LogP contribution in [0, 0.1) is 11.3 Å². The third-order valence-electron chi connectivity index (χ3n) is 6.08. The molecule has 2 aliphatic heterocycles. The van der Waals surface area contributed by atoms with Crippen LogP contribution in [0.2, 0.25) is 0 Å². The van der Waals surface area contributed by atoms with Gasteiger partial charge in [-0.15, -0.1) is 0 Å². The molecule has 0 unspecified atom stereocenters. The number of likely N-dealkylation sites (tertiary alicyclic amines) is 2. The molecular weight excluding hydrogens is 348 g/mol. The first-order valence-corrected chi connectivity index (χ1v) is 10.9. The number of rotatable bonds is 6. The molecule has 0 spiro atoms. The lowest BCUT2D eigenvalue weighted by Crippen LogP contribution is -2.41. The number of guanidine groups is 1. The number of ether oxygens (including phenoxy) is 1. The molecule has 5 heteroatoms. The molecule has 0 saturated carbocycles. The monoisotopic (exact) mass is 386 g/mol. The molecule has 0 bridgehead atoms. The Kier molecular flexibility index (Phi) is 7.22. The summed E-state index contributed by atoms with van der Waals surface area (Å²) in [5.41, 5.74) is 1.77. The van der Waals surface area contributed by atoms with E-state index in [9.17, 15) is 0 Å². The van der Waals surface area contributed by atoms with E-state index in [4.69, 9.17) is 9.73 Å². The predicted octanol–water partition coefficient (Wildman–Crippen LogP) is 3.60. The average Bonchev–Trinajstić information content (AvgIpc) is 3.06. The number of methoxy groups -OCH3 is 1. The number of hydrogen-bond donors (Lipinski definition) is 1. The molecule has 1 aromatic rings. The van der Waals surface area contributed by atoms with Gasteiger partial charge in [-0.05, 0) is 68.3 Å². The van der Waals surface area contributed by atoms with Crippen LogP contribution in [0.15, 0.2) is 29.3 Å². The van der Waals surface area contributed by atoms with Crippen LogP contribution in [0.4, 0.5) is 0 Å². The highest BCUT2D eigenvalue weighted by Gasteiger charge is 2.31. The second-order valence-electron chi connectivity index (χ2n) is 9.10. The molecule has 1 N–H and O–H groups in total. The highest BCUT2D eigenvalue weighted by Crippen LogP contribution is 2.29. The summed E-state index contributed by atoms with van der Waals surface area (Å²) in [5, 5.41) is 3.51. The van der Waals surface area contributed by atoms with Crippen molar-refractivity contribution < 1.29 is 4.74 Å². The van der Waals surface area contributed by atoms with Crippen LogP contribution >= 0.6 is 0 Å². The second kappa shape index (κ2) is 9.64. The van der Waals surface area contributed by atoms with Crippen molar-refractivity contribution in [3.05, 3.63) is 29.8 Å². The summed E-state index contributed by atoms with van der Waals surface area (Å²) in [7, 11) is 1.72. The minimum atomic E-state index is 0.406. The summed E-state index contributed by atoms with van der Waals surface area (Å²) in [6, 6.07) is 8.46. The Morgan fingerprint density at radius 2 is 1.89 bits per heavy atom. The second-order valence-corrected chi connectivity index (χ2v) is 9.10. The maximum atomic E-state index is 5.25. The molecule has 3 rings (SSSR count). The zero-order valence-corrected chi connectivity index (χ0v) is 18.2. The molecule has 0 aromatic heterocycles. The highest BCUT2D eigenvalue weighted by atomic mass is 16.5. The van der Waals surface area contributed by atoms with Crippen molar-refractivity contribution >= 4 is 5.96 Å². The lowest BCUT2D eigenvalue weighted by atomic mass is 9.93. The normalized spacial score (nSPS) is 21.1. The Morgan fingerprint density at radius 1 is 1.18 bits per heavy atom. The van der Waals surface area contributed by atoms with Gasteiger partial charge in [0.25, 0.3) is 0 Å². The van der Waals surface area contributed by atoms with E-state index < -0.39 is 0 Å². The number of aliphatic imine (C=N–C) groups is 1. The molecule has 2 fully saturated rings. The Balaban J connectivity index is 1.46. The van der Waals surface area contributed by atoms with Crippen LogP contribution in [0.5, 0.6) is 5.75 Å². The molecule has 2 saturated heterocycles. The van der Waals surface area contributed by atoms with Crippen molar-refractivity contribution in [3.8, 4) is 5.75 Å². The van der Waals surface area contributed by atoms with E-state index in [1.165, 1.54) is 37.9 Å². The number of nitrogens with one attached hydrogen (secondary N) is 1. The topological polar surface area (TPSA) is 40.1 Å². The number of benzene rings is 1. The van der Waals surface area contributed by atoms with E-state index in [-0.39, 0.29) is 0 Å². The van der Waals surface area contributed by atoms with Crippen molar-refractivity contribution in [2.45, 2.75) is 46.6 Å².